The second kappa shape index (κ2) is 6.13. The summed E-state index contributed by atoms with van der Waals surface area (Å²) in [5.41, 5.74) is 0.751. The fourth-order valence-corrected chi connectivity index (χ4v) is 2.69. The SMILES string of the molecule is O=C(Nc1ccc(Cl)nc1)c1ccc(-c2cccs2)[nH]c1=O. The molecule has 3 aromatic heterocycles. The summed E-state index contributed by atoms with van der Waals surface area (Å²) < 4.78 is 0. The summed E-state index contributed by atoms with van der Waals surface area (Å²) in [5.74, 6) is -0.497. The molecule has 0 aliphatic carbocycles. The third-order valence-corrected chi connectivity index (χ3v) is 4.05. The Kier molecular flexibility index (Phi) is 4.04. The number of rotatable bonds is 3. The van der Waals surface area contributed by atoms with E-state index in [0.717, 1.165) is 4.88 Å². The van der Waals surface area contributed by atoms with Gasteiger partial charge in [-0.05, 0) is 35.7 Å². The Morgan fingerprint density at radius 2 is 2.09 bits per heavy atom. The highest BCUT2D eigenvalue weighted by Crippen LogP contribution is 2.21. The van der Waals surface area contributed by atoms with Gasteiger partial charge in [0.2, 0.25) is 0 Å². The number of pyridine rings is 2. The largest absolute Gasteiger partial charge is 0.321 e. The summed E-state index contributed by atoms with van der Waals surface area (Å²) in [6, 6.07) is 10.2. The third kappa shape index (κ3) is 3.08. The minimum Gasteiger partial charge on any atom is -0.321 e. The van der Waals surface area contributed by atoms with Gasteiger partial charge in [0.15, 0.2) is 0 Å². The highest BCUT2D eigenvalue weighted by atomic mass is 35.5. The molecule has 0 aliphatic rings. The van der Waals surface area contributed by atoms with E-state index in [1.807, 2.05) is 17.5 Å². The normalized spacial score (nSPS) is 10.4. The van der Waals surface area contributed by atoms with Gasteiger partial charge < -0.3 is 10.3 Å². The lowest BCUT2D eigenvalue weighted by atomic mass is 10.2. The molecule has 0 radical (unpaired) electrons. The lowest BCUT2D eigenvalue weighted by molar-refractivity contribution is 0.102. The van der Waals surface area contributed by atoms with Gasteiger partial charge in [-0.3, -0.25) is 9.59 Å². The Morgan fingerprint density at radius 1 is 1.23 bits per heavy atom. The Bertz CT molecular complexity index is 857. The molecule has 0 atom stereocenters. The Hall–Kier alpha value is -2.44. The molecule has 0 aliphatic heterocycles. The standard InChI is InChI=1S/C15H10ClN3O2S/c16-13-6-3-9(8-17-13)18-14(20)10-4-5-11(19-15(10)21)12-2-1-7-22-12/h1-8H,(H,18,20)(H,19,21). The molecule has 3 heterocycles. The molecule has 1 amide bonds. The van der Waals surface area contributed by atoms with E-state index >= 15 is 0 Å². The van der Waals surface area contributed by atoms with E-state index in [4.69, 9.17) is 11.6 Å². The lowest BCUT2D eigenvalue weighted by Crippen LogP contribution is -2.23. The van der Waals surface area contributed by atoms with Gasteiger partial charge in [-0.15, -0.1) is 11.3 Å². The van der Waals surface area contributed by atoms with Crippen LogP contribution in [0.25, 0.3) is 10.6 Å². The van der Waals surface area contributed by atoms with Crippen molar-refractivity contribution in [1.29, 1.82) is 0 Å². The van der Waals surface area contributed by atoms with Crippen molar-refractivity contribution in [3.63, 3.8) is 0 Å². The molecule has 0 aromatic carbocycles. The Morgan fingerprint density at radius 3 is 2.73 bits per heavy atom. The van der Waals surface area contributed by atoms with Crippen molar-refractivity contribution >= 4 is 34.5 Å². The van der Waals surface area contributed by atoms with Gasteiger partial charge in [0.25, 0.3) is 11.5 Å². The van der Waals surface area contributed by atoms with Crippen LogP contribution in [0.4, 0.5) is 5.69 Å². The maximum Gasteiger partial charge on any atom is 0.261 e. The Balaban J connectivity index is 1.84. The van der Waals surface area contributed by atoms with Gasteiger partial charge in [0, 0.05) is 0 Å². The topological polar surface area (TPSA) is 74.8 Å². The molecule has 0 spiro atoms. The molecule has 22 heavy (non-hydrogen) atoms. The predicted octanol–water partition coefficient (Wildman–Crippen LogP) is 3.40. The number of aromatic amines is 1. The second-order valence-corrected chi connectivity index (χ2v) is 5.75. The van der Waals surface area contributed by atoms with Crippen LogP contribution in [0.15, 0.2) is 52.8 Å². The van der Waals surface area contributed by atoms with Gasteiger partial charge in [-0.2, -0.15) is 0 Å². The number of nitrogens with one attached hydrogen (secondary N) is 2. The highest BCUT2D eigenvalue weighted by Gasteiger charge is 2.12. The number of halogens is 1. The molecule has 0 fully saturated rings. The van der Waals surface area contributed by atoms with Crippen molar-refractivity contribution in [3.8, 4) is 10.6 Å². The zero-order chi connectivity index (χ0) is 15.5. The number of carbonyl (C=O) groups is 1. The van der Waals surface area contributed by atoms with E-state index in [2.05, 4.69) is 15.3 Å². The number of amides is 1. The van der Waals surface area contributed by atoms with E-state index in [9.17, 15) is 9.59 Å². The van der Waals surface area contributed by atoms with Crippen LogP contribution in [0.2, 0.25) is 5.15 Å². The molecular weight excluding hydrogens is 322 g/mol. The number of thiophene rings is 1. The number of carbonyl (C=O) groups excluding carboxylic acids is 1. The third-order valence-electron chi connectivity index (χ3n) is 2.93. The molecule has 2 N–H and O–H groups in total. The van der Waals surface area contributed by atoms with E-state index in [1.54, 1.807) is 18.2 Å². The van der Waals surface area contributed by atoms with Gasteiger partial charge in [0.05, 0.1) is 22.5 Å². The van der Waals surface area contributed by atoms with Crippen molar-refractivity contribution in [2.75, 3.05) is 5.32 Å². The van der Waals surface area contributed by atoms with Crippen LogP contribution in [0, 0.1) is 0 Å². The monoisotopic (exact) mass is 331 g/mol. The van der Waals surface area contributed by atoms with Crippen LogP contribution in [0.3, 0.4) is 0 Å². The average molecular weight is 332 g/mol. The van der Waals surface area contributed by atoms with Gasteiger partial charge in [0.1, 0.15) is 10.7 Å². The van der Waals surface area contributed by atoms with Crippen molar-refractivity contribution in [2.45, 2.75) is 0 Å². The summed E-state index contributed by atoms with van der Waals surface area (Å²) in [7, 11) is 0. The van der Waals surface area contributed by atoms with E-state index in [-0.39, 0.29) is 5.56 Å². The van der Waals surface area contributed by atoms with Crippen molar-refractivity contribution < 1.29 is 4.79 Å². The van der Waals surface area contributed by atoms with Crippen LogP contribution in [-0.4, -0.2) is 15.9 Å². The van der Waals surface area contributed by atoms with Crippen molar-refractivity contribution in [2.24, 2.45) is 0 Å². The zero-order valence-corrected chi connectivity index (χ0v) is 12.7. The molecule has 5 nitrogen and oxygen atoms in total. The second-order valence-electron chi connectivity index (χ2n) is 4.42. The van der Waals surface area contributed by atoms with Crippen LogP contribution in [-0.2, 0) is 0 Å². The van der Waals surface area contributed by atoms with E-state index in [0.29, 0.717) is 16.5 Å². The number of hydrogen-bond acceptors (Lipinski definition) is 4. The first-order valence-electron chi connectivity index (χ1n) is 6.33. The minimum atomic E-state index is -0.497. The first-order chi connectivity index (χ1) is 10.6. The van der Waals surface area contributed by atoms with E-state index in [1.165, 1.54) is 23.6 Å². The fourth-order valence-electron chi connectivity index (χ4n) is 1.88. The van der Waals surface area contributed by atoms with Crippen LogP contribution in [0.1, 0.15) is 10.4 Å². The summed E-state index contributed by atoms with van der Waals surface area (Å²) in [6.45, 7) is 0. The molecule has 7 heteroatoms. The number of nitrogens with zero attached hydrogens (tertiary/aromatic N) is 1. The number of anilines is 1. The summed E-state index contributed by atoms with van der Waals surface area (Å²) in [6.07, 6.45) is 1.43. The first-order valence-corrected chi connectivity index (χ1v) is 7.59. The van der Waals surface area contributed by atoms with Crippen molar-refractivity contribution in [3.05, 3.63) is 69.0 Å². The number of H-pyrrole nitrogens is 1. The molecule has 110 valence electrons. The maximum absolute atomic E-state index is 12.1. The Labute approximate surface area is 134 Å². The molecule has 0 saturated carbocycles. The fraction of sp³-hybridized carbons (Fsp3) is 0. The first kappa shape index (κ1) is 14.5. The van der Waals surface area contributed by atoms with Crippen LogP contribution >= 0.6 is 22.9 Å². The van der Waals surface area contributed by atoms with Gasteiger partial charge in [-0.25, -0.2) is 4.98 Å². The molecule has 0 unspecified atom stereocenters. The smallest absolute Gasteiger partial charge is 0.261 e. The summed E-state index contributed by atoms with van der Waals surface area (Å²) in [5, 5.41) is 4.85. The van der Waals surface area contributed by atoms with Crippen LogP contribution < -0.4 is 10.9 Å². The lowest BCUT2D eigenvalue weighted by Gasteiger charge is -2.05. The van der Waals surface area contributed by atoms with Crippen molar-refractivity contribution in [1.82, 2.24) is 9.97 Å². The highest BCUT2D eigenvalue weighted by molar-refractivity contribution is 7.13. The summed E-state index contributed by atoms with van der Waals surface area (Å²) in [4.78, 5) is 31.7. The quantitative estimate of drug-likeness (QED) is 0.722. The summed E-state index contributed by atoms with van der Waals surface area (Å²) >= 11 is 7.19. The maximum atomic E-state index is 12.1. The number of aromatic nitrogens is 2. The zero-order valence-electron chi connectivity index (χ0n) is 11.2. The molecule has 0 bridgehead atoms. The van der Waals surface area contributed by atoms with Crippen LogP contribution in [0.5, 0.6) is 0 Å². The van der Waals surface area contributed by atoms with Gasteiger partial charge in [-0.1, -0.05) is 17.7 Å². The minimum absolute atomic E-state index is 0.0373. The average Bonchev–Trinajstić information content (AvgIpc) is 3.03. The van der Waals surface area contributed by atoms with Gasteiger partial charge >= 0.3 is 0 Å². The molecule has 3 rings (SSSR count). The van der Waals surface area contributed by atoms with E-state index < -0.39 is 11.5 Å². The molecule has 3 aromatic rings. The predicted molar refractivity (Wildman–Crippen MR) is 87.6 cm³/mol. The number of hydrogen-bond donors (Lipinski definition) is 2. The molecule has 0 saturated heterocycles. The molecular formula is C15H10ClN3O2S.